The van der Waals surface area contributed by atoms with E-state index in [0.29, 0.717) is 24.2 Å². The third-order valence-electron chi connectivity index (χ3n) is 5.58. The van der Waals surface area contributed by atoms with Crippen molar-refractivity contribution in [3.8, 4) is 0 Å². The molecule has 1 saturated heterocycles. The summed E-state index contributed by atoms with van der Waals surface area (Å²) in [5, 5.41) is 5.00. The fourth-order valence-corrected chi connectivity index (χ4v) is 3.98. The molecule has 2 aliphatic rings. The van der Waals surface area contributed by atoms with Crippen LogP contribution in [0.1, 0.15) is 65.3 Å². The minimum atomic E-state index is 0.0837. The van der Waals surface area contributed by atoms with E-state index in [1.807, 2.05) is 35.2 Å². The van der Waals surface area contributed by atoms with Crippen LogP contribution in [0.4, 0.5) is 0 Å². The third-order valence-corrected chi connectivity index (χ3v) is 5.58. The number of likely N-dealkylation sites (tertiary alicyclic amines) is 1. The van der Waals surface area contributed by atoms with Gasteiger partial charge in [-0.15, -0.1) is 0 Å². The molecule has 0 N–H and O–H groups in total. The highest BCUT2D eigenvalue weighted by atomic mass is 16.5. The number of aromatic nitrogens is 3. The number of rotatable bonds is 3. The largest absolute Gasteiger partial charge is 0.340 e. The molecule has 27 heavy (non-hydrogen) atoms. The Balaban J connectivity index is 1.48. The van der Waals surface area contributed by atoms with Gasteiger partial charge in [0.05, 0.1) is 11.1 Å². The van der Waals surface area contributed by atoms with E-state index in [2.05, 4.69) is 10.1 Å². The Hall–Kier alpha value is -2.76. The summed E-state index contributed by atoms with van der Waals surface area (Å²) in [6, 6.07) is 9.97. The van der Waals surface area contributed by atoms with Gasteiger partial charge in [0, 0.05) is 42.9 Å². The van der Waals surface area contributed by atoms with Gasteiger partial charge >= 0.3 is 0 Å². The Bertz CT molecular complexity index is 1010. The number of hydrogen-bond acceptors (Lipinski definition) is 5. The molecule has 2 fully saturated rings. The van der Waals surface area contributed by atoms with Crippen LogP contribution in [0, 0.1) is 6.92 Å². The van der Waals surface area contributed by atoms with Crippen LogP contribution in [0.5, 0.6) is 0 Å². The van der Waals surface area contributed by atoms with Crippen LogP contribution in [-0.2, 0) is 0 Å². The van der Waals surface area contributed by atoms with Crippen LogP contribution in [0.2, 0.25) is 0 Å². The molecule has 138 valence electrons. The Morgan fingerprint density at radius 1 is 1.15 bits per heavy atom. The molecule has 1 aliphatic carbocycles. The number of nitrogens with zero attached hydrogens (tertiary/aromatic N) is 4. The minimum absolute atomic E-state index is 0.0837. The van der Waals surface area contributed by atoms with E-state index in [1.165, 1.54) is 12.8 Å². The zero-order valence-electron chi connectivity index (χ0n) is 15.4. The standard InChI is InChI=1S/C21H22N4O2/c1-13-22-20(24-27-13)15-5-4-10-25(12-15)21(26)17-11-19(14-8-9-14)23-18-7-3-2-6-16(17)18/h2-3,6-7,11,14-15H,4-5,8-10,12H2,1H3. The molecule has 1 unspecified atom stereocenters. The first-order valence-corrected chi connectivity index (χ1v) is 9.68. The smallest absolute Gasteiger partial charge is 0.254 e. The van der Waals surface area contributed by atoms with Gasteiger partial charge in [-0.2, -0.15) is 4.98 Å². The van der Waals surface area contributed by atoms with Gasteiger partial charge in [-0.3, -0.25) is 9.78 Å². The van der Waals surface area contributed by atoms with Crippen molar-refractivity contribution in [3.63, 3.8) is 0 Å². The lowest BCUT2D eigenvalue weighted by molar-refractivity contribution is 0.0705. The van der Waals surface area contributed by atoms with E-state index in [0.717, 1.165) is 41.5 Å². The first kappa shape index (κ1) is 16.4. The zero-order chi connectivity index (χ0) is 18.4. The molecule has 0 radical (unpaired) electrons. The van der Waals surface area contributed by atoms with Gasteiger partial charge in [-0.25, -0.2) is 0 Å². The average Bonchev–Trinajstić information content (AvgIpc) is 3.47. The Morgan fingerprint density at radius 3 is 2.78 bits per heavy atom. The van der Waals surface area contributed by atoms with E-state index >= 15 is 0 Å². The van der Waals surface area contributed by atoms with Crippen molar-refractivity contribution in [2.45, 2.75) is 44.4 Å². The van der Waals surface area contributed by atoms with Crippen molar-refractivity contribution in [3.05, 3.63) is 53.3 Å². The first-order valence-electron chi connectivity index (χ1n) is 9.68. The molecule has 1 aromatic carbocycles. The lowest BCUT2D eigenvalue weighted by atomic mass is 9.96. The van der Waals surface area contributed by atoms with Crippen LogP contribution in [-0.4, -0.2) is 39.0 Å². The van der Waals surface area contributed by atoms with Gasteiger partial charge in [0.1, 0.15) is 0 Å². The zero-order valence-corrected chi connectivity index (χ0v) is 15.4. The number of piperidine rings is 1. The fraction of sp³-hybridized carbons (Fsp3) is 0.429. The van der Waals surface area contributed by atoms with Crippen molar-refractivity contribution in [2.75, 3.05) is 13.1 Å². The second-order valence-electron chi connectivity index (χ2n) is 7.65. The monoisotopic (exact) mass is 362 g/mol. The number of hydrogen-bond donors (Lipinski definition) is 0. The van der Waals surface area contributed by atoms with Gasteiger partial charge < -0.3 is 9.42 Å². The van der Waals surface area contributed by atoms with E-state index in [-0.39, 0.29) is 11.8 Å². The highest BCUT2D eigenvalue weighted by molar-refractivity contribution is 6.06. The van der Waals surface area contributed by atoms with Gasteiger partial charge in [0.25, 0.3) is 5.91 Å². The summed E-state index contributed by atoms with van der Waals surface area (Å²) in [6.45, 7) is 3.19. The number of carbonyl (C=O) groups is 1. The summed E-state index contributed by atoms with van der Waals surface area (Å²) in [5.74, 6) is 2.01. The number of para-hydroxylation sites is 1. The molecule has 1 atom stereocenters. The summed E-state index contributed by atoms with van der Waals surface area (Å²) in [4.78, 5) is 24.5. The molecule has 1 amide bonds. The molecule has 0 bridgehead atoms. The molecule has 0 spiro atoms. The maximum Gasteiger partial charge on any atom is 0.254 e. The topological polar surface area (TPSA) is 72.1 Å². The fourth-order valence-electron chi connectivity index (χ4n) is 3.98. The predicted molar refractivity (Wildman–Crippen MR) is 101 cm³/mol. The Labute approximate surface area is 157 Å². The lowest BCUT2D eigenvalue weighted by Gasteiger charge is -2.31. The van der Waals surface area contributed by atoms with E-state index in [4.69, 9.17) is 9.51 Å². The predicted octanol–water partition coefficient (Wildman–Crippen LogP) is 3.82. The Kier molecular flexibility index (Phi) is 3.92. The van der Waals surface area contributed by atoms with Crippen LogP contribution in [0.15, 0.2) is 34.9 Å². The summed E-state index contributed by atoms with van der Waals surface area (Å²) in [5.41, 5.74) is 2.74. The van der Waals surface area contributed by atoms with Gasteiger partial charge in [0.15, 0.2) is 5.82 Å². The number of aryl methyl sites for hydroxylation is 1. The van der Waals surface area contributed by atoms with Gasteiger partial charge in [-0.05, 0) is 37.8 Å². The quantitative estimate of drug-likeness (QED) is 0.708. The van der Waals surface area contributed by atoms with Crippen molar-refractivity contribution >= 4 is 16.8 Å². The SMILES string of the molecule is Cc1nc(C2CCCN(C(=O)c3cc(C4CC4)nc4ccccc34)C2)no1. The second kappa shape index (κ2) is 6.44. The molecule has 2 aromatic heterocycles. The Morgan fingerprint density at radius 2 is 2.00 bits per heavy atom. The highest BCUT2D eigenvalue weighted by Crippen LogP contribution is 2.40. The summed E-state index contributed by atoms with van der Waals surface area (Å²) < 4.78 is 5.13. The van der Waals surface area contributed by atoms with Crippen LogP contribution >= 0.6 is 0 Å². The summed E-state index contributed by atoms with van der Waals surface area (Å²) >= 11 is 0. The summed E-state index contributed by atoms with van der Waals surface area (Å²) in [6.07, 6.45) is 4.26. The van der Waals surface area contributed by atoms with Crippen LogP contribution in [0.25, 0.3) is 10.9 Å². The minimum Gasteiger partial charge on any atom is -0.340 e. The average molecular weight is 362 g/mol. The van der Waals surface area contributed by atoms with Gasteiger partial charge in [-0.1, -0.05) is 23.4 Å². The molecular formula is C21H22N4O2. The second-order valence-corrected chi connectivity index (χ2v) is 7.65. The van der Waals surface area contributed by atoms with Crippen LogP contribution < -0.4 is 0 Å². The number of fused-ring (bicyclic) bond motifs is 1. The molecule has 6 nitrogen and oxygen atoms in total. The third kappa shape index (κ3) is 3.09. The van der Waals surface area contributed by atoms with Crippen LogP contribution in [0.3, 0.4) is 0 Å². The maximum atomic E-state index is 13.4. The van der Waals surface area contributed by atoms with E-state index in [1.54, 1.807) is 6.92 Å². The van der Waals surface area contributed by atoms with Crippen molar-refractivity contribution in [2.24, 2.45) is 0 Å². The van der Waals surface area contributed by atoms with E-state index < -0.39 is 0 Å². The molecule has 5 rings (SSSR count). The van der Waals surface area contributed by atoms with Crippen molar-refractivity contribution in [1.29, 1.82) is 0 Å². The molecule has 1 aliphatic heterocycles. The number of amides is 1. The molecule has 6 heteroatoms. The number of benzene rings is 1. The highest BCUT2D eigenvalue weighted by Gasteiger charge is 2.31. The normalized spacial score (nSPS) is 20.2. The molecule has 3 heterocycles. The molecular weight excluding hydrogens is 340 g/mol. The van der Waals surface area contributed by atoms with Crippen molar-refractivity contribution < 1.29 is 9.32 Å². The molecule has 1 saturated carbocycles. The van der Waals surface area contributed by atoms with Crippen molar-refractivity contribution in [1.82, 2.24) is 20.0 Å². The maximum absolute atomic E-state index is 13.4. The number of pyridine rings is 1. The first-order chi connectivity index (χ1) is 13.2. The van der Waals surface area contributed by atoms with Gasteiger partial charge in [0.2, 0.25) is 5.89 Å². The lowest BCUT2D eigenvalue weighted by Crippen LogP contribution is -2.39. The number of carbonyl (C=O) groups excluding carboxylic acids is 1. The summed E-state index contributed by atoms with van der Waals surface area (Å²) in [7, 11) is 0. The molecule has 3 aromatic rings. The van der Waals surface area contributed by atoms with E-state index in [9.17, 15) is 4.79 Å².